The van der Waals surface area contributed by atoms with Crippen molar-refractivity contribution >= 4 is 33.0 Å². The second-order valence-corrected chi connectivity index (χ2v) is 8.86. The van der Waals surface area contributed by atoms with Gasteiger partial charge in [0.2, 0.25) is 0 Å². The average molecular weight is 352 g/mol. The van der Waals surface area contributed by atoms with Crippen molar-refractivity contribution in [3.05, 3.63) is 0 Å². The molecule has 0 amide bonds. The van der Waals surface area contributed by atoms with Gasteiger partial charge in [0, 0.05) is 0 Å². The summed E-state index contributed by atoms with van der Waals surface area (Å²) in [7, 11) is -4.11. The third-order valence-electron chi connectivity index (χ3n) is 3.37. The Labute approximate surface area is 126 Å². The third kappa shape index (κ3) is 5.30. The Hall–Kier alpha value is -0.190. The molecule has 1 aliphatic rings. The molecule has 1 fully saturated rings. The fraction of sp³-hybridized carbons (Fsp3) is 0.909. The lowest BCUT2D eigenvalue weighted by atomic mass is 9.86. The average Bonchev–Trinajstić information content (AvgIpc) is 2.29. The number of alkyl halides is 5. The number of halogens is 5. The van der Waals surface area contributed by atoms with Crippen LogP contribution in [0.25, 0.3) is 0 Å². The van der Waals surface area contributed by atoms with Crippen molar-refractivity contribution in [1.29, 1.82) is 5.26 Å². The summed E-state index contributed by atoms with van der Waals surface area (Å²) in [6.07, 6.45) is -4.70. The summed E-state index contributed by atoms with van der Waals surface area (Å²) in [6, 6.07) is 1.63. The van der Waals surface area contributed by atoms with E-state index in [0.717, 1.165) is 0 Å². The summed E-state index contributed by atoms with van der Waals surface area (Å²) >= 11 is 11.8. The summed E-state index contributed by atoms with van der Waals surface area (Å²) in [5.74, 6) is -1.57. The van der Waals surface area contributed by atoms with Crippen LogP contribution in [0.2, 0.25) is 0 Å². The molecule has 0 bridgehead atoms. The predicted molar refractivity (Wildman–Crippen MR) is 70.3 cm³/mol. The zero-order valence-electron chi connectivity index (χ0n) is 10.5. The molecule has 0 aromatic rings. The molecule has 20 heavy (non-hydrogen) atoms. The lowest BCUT2D eigenvalue weighted by Gasteiger charge is -2.32. The number of nitrogens with zero attached hydrogens (tertiary/aromatic N) is 1. The van der Waals surface area contributed by atoms with Crippen molar-refractivity contribution in [1.82, 2.24) is 0 Å². The van der Waals surface area contributed by atoms with Gasteiger partial charge >= 0.3 is 6.18 Å². The van der Waals surface area contributed by atoms with Gasteiger partial charge < -0.3 is 0 Å². The lowest BCUT2D eigenvalue weighted by Crippen LogP contribution is -2.36. The topological polar surface area (TPSA) is 57.9 Å². The lowest BCUT2D eigenvalue weighted by molar-refractivity contribution is -0.129. The number of hydrogen-bond acceptors (Lipinski definition) is 3. The Kier molecular flexibility index (Phi) is 5.61. The zero-order chi connectivity index (χ0) is 15.6. The van der Waals surface area contributed by atoms with Crippen LogP contribution in [0.4, 0.5) is 13.2 Å². The minimum Gasteiger partial charge on any atom is -0.227 e. The van der Waals surface area contributed by atoms with Crippen LogP contribution >= 0.6 is 23.2 Å². The molecule has 0 aliphatic heterocycles. The molecule has 3 nitrogen and oxygen atoms in total. The summed E-state index contributed by atoms with van der Waals surface area (Å²) < 4.78 is 59.2. The van der Waals surface area contributed by atoms with E-state index in [0.29, 0.717) is 25.7 Å². The second-order valence-electron chi connectivity index (χ2n) is 4.98. The molecule has 0 saturated heterocycles. The van der Waals surface area contributed by atoms with Crippen LogP contribution in [0.3, 0.4) is 0 Å². The highest BCUT2D eigenvalue weighted by Crippen LogP contribution is 2.42. The Morgan fingerprint density at radius 3 is 2.20 bits per heavy atom. The Morgan fingerprint density at radius 1 is 1.30 bits per heavy atom. The van der Waals surface area contributed by atoms with Crippen molar-refractivity contribution in [3.8, 4) is 6.07 Å². The minimum absolute atomic E-state index is 0.316. The predicted octanol–water partition coefficient (Wildman–Crippen LogP) is 3.61. The maximum absolute atomic E-state index is 12.1. The van der Waals surface area contributed by atoms with Gasteiger partial charge in [0.1, 0.15) is 4.33 Å². The van der Waals surface area contributed by atoms with Crippen LogP contribution in [-0.4, -0.2) is 29.9 Å². The first-order valence-corrected chi connectivity index (χ1v) is 8.50. The van der Waals surface area contributed by atoms with Gasteiger partial charge in [0.25, 0.3) is 0 Å². The number of hydrogen-bond donors (Lipinski definition) is 0. The fourth-order valence-electron chi connectivity index (χ4n) is 2.23. The molecule has 116 valence electrons. The van der Waals surface area contributed by atoms with Crippen molar-refractivity contribution < 1.29 is 21.6 Å². The van der Waals surface area contributed by atoms with Gasteiger partial charge in [-0.1, -0.05) is 0 Å². The summed E-state index contributed by atoms with van der Waals surface area (Å²) in [4.78, 5) is 0. The Bertz CT molecular complexity index is 475. The van der Waals surface area contributed by atoms with Gasteiger partial charge in [0.05, 0.1) is 18.2 Å². The van der Waals surface area contributed by atoms with Gasteiger partial charge in [-0.15, -0.1) is 23.2 Å². The molecule has 9 heteroatoms. The van der Waals surface area contributed by atoms with Crippen molar-refractivity contribution in [2.24, 2.45) is 5.92 Å². The van der Waals surface area contributed by atoms with E-state index in [1.807, 2.05) is 0 Å². The van der Waals surface area contributed by atoms with Crippen LogP contribution in [0.15, 0.2) is 0 Å². The Balaban J connectivity index is 2.74. The van der Waals surface area contributed by atoms with Gasteiger partial charge in [0.15, 0.2) is 15.1 Å². The highest BCUT2D eigenvalue weighted by Gasteiger charge is 2.41. The molecule has 0 N–H and O–H groups in total. The van der Waals surface area contributed by atoms with Crippen LogP contribution < -0.4 is 0 Å². The normalized spacial score (nSPS) is 22.2. The molecule has 1 aliphatic carbocycles. The Morgan fingerprint density at radius 2 is 1.80 bits per heavy atom. The monoisotopic (exact) mass is 351 g/mol. The minimum atomic E-state index is -4.55. The van der Waals surface area contributed by atoms with E-state index in [4.69, 9.17) is 28.5 Å². The number of rotatable bonds is 4. The molecule has 0 aromatic heterocycles. The van der Waals surface area contributed by atoms with E-state index >= 15 is 0 Å². The molecular weight excluding hydrogens is 338 g/mol. The van der Waals surface area contributed by atoms with E-state index < -0.39 is 43.7 Å². The van der Waals surface area contributed by atoms with Crippen LogP contribution in [0, 0.1) is 17.2 Å². The largest absolute Gasteiger partial charge is 0.390 e. The van der Waals surface area contributed by atoms with Crippen LogP contribution in [0.5, 0.6) is 0 Å². The maximum atomic E-state index is 12.1. The SMILES string of the molecule is N#CC(C1CCC(Cl)(Cl)CC1)S(=O)(=O)CCC(F)(F)F. The first-order valence-electron chi connectivity index (χ1n) is 6.03. The molecule has 0 radical (unpaired) electrons. The molecule has 0 aromatic carbocycles. The molecule has 1 atom stereocenters. The fourth-order valence-corrected chi connectivity index (χ4v) is 4.45. The molecule has 0 spiro atoms. The standard InChI is InChI=1S/C11H14Cl2F3NO2S/c12-10(13)3-1-8(2-4-10)9(7-17)20(18,19)6-5-11(14,15)16/h8-9H,1-6H2. The summed E-state index contributed by atoms with van der Waals surface area (Å²) in [5.41, 5.74) is 0. The van der Waals surface area contributed by atoms with E-state index in [1.54, 1.807) is 6.07 Å². The molecule has 1 rings (SSSR count). The molecule has 1 saturated carbocycles. The summed E-state index contributed by atoms with van der Waals surface area (Å²) in [6.45, 7) is 0. The second kappa shape index (κ2) is 6.29. The summed E-state index contributed by atoms with van der Waals surface area (Å²) in [5, 5.41) is 7.58. The first kappa shape index (κ1) is 17.9. The van der Waals surface area contributed by atoms with Crippen molar-refractivity contribution in [2.75, 3.05) is 5.75 Å². The van der Waals surface area contributed by atoms with Crippen molar-refractivity contribution in [2.45, 2.75) is 47.9 Å². The smallest absolute Gasteiger partial charge is 0.227 e. The van der Waals surface area contributed by atoms with Gasteiger partial charge in [-0.2, -0.15) is 18.4 Å². The van der Waals surface area contributed by atoms with Gasteiger partial charge in [-0.3, -0.25) is 0 Å². The van der Waals surface area contributed by atoms with E-state index in [9.17, 15) is 21.6 Å². The first-order chi connectivity index (χ1) is 8.97. The molecule has 0 heterocycles. The highest BCUT2D eigenvalue weighted by molar-refractivity contribution is 7.92. The van der Waals surface area contributed by atoms with Crippen molar-refractivity contribution in [3.63, 3.8) is 0 Å². The van der Waals surface area contributed by atoms with Crippen LogP contribution in [0.1, 0.15) is 32.1 Å². The van der Waals surface area contributed by atoms with Gasteiger partial charge in [-0.05, 0) is 31.6 Å². The van der Waals surface area contributed by atoms with Crippen LogP contribution in [-0.2, 0) is 9.84 Å². The van der Waals surface area contributed by atoms with E-state index in [-0.39, 0.29) is 0 Å². The maximum Gasteiger partial charge on any atom is 0.390 e. The molecule has 1 unspecified atom stereocenters. The zero-order valence-corrected chi connectivity index (χ0v) is 12.8. The third-order valence-corrected chi connectivity index (χ3v) is 6.17. The quantitative estimate of drug-likeness (QED) is 0.727. The number of nitriles is 1. The highest BCUT2D eigenvalue weighted by atomic mass is 35.5. The van der Waals surface area contributed by atoms with E-state index in [1.165, 1.54) is 0 Å². The van der Waals surface area contributed by atoms with Gasteiger partial charge in [-0.25, -0.2) is 8.42 Å². The number of sulfone groups is 1. The van der Waals surface area contributed by atoms with E-state index in [2.05, 4.69) is 0 Å². The molecular formula is C11H14Cl2F3NO2S.